The van der Waals surface area contributed by atoms with Crippen LogP contribution in [0.3, 0.4) is 0 Å². The van der Waals surface area contributed by atoms with Crippen molar-refractivity contribution in [1.82, 2.24) is 0 Å². The van der Waals surface area contributed by atoms with Crippen molar-refractivity contribution in [2.24, 2.45) is 5.92 Å². The van der Waals surface area contributed by atoms with Gasteiger partial charge in [-0.1, -0.05) is 64.0 Å². The van der Waals surface area contributed by atoms with Crippen molar-refractivity contribution in [1.29, 1.82) is 0 Å². The molecule has 0 aliphatic heterocycles. The zero-order valence-electron chi connectivity index (χ0n) is 11.1. The van der Waals surface area contributed by atoms with E-state index in [0.717, 1.165) is 17.3 Å². The Labute approximate surface area is 123 Å². The Kier molecular flexibility index (Phi) is 5.17. The predicted octanol–water partition coefficient (Wildman–Crippen LogP) is 4.15. The molecule has 0 radical (unpaired) electrons. The van der Waals surface area contributed by atoms with Gasteiger partial charge in [-0.2, -0.15) is 0 Å². The Morgan fingerprint density at radius 2 is 1.68 bits per heavy atom. The summed E-state index contributed by atoms with van der Waals surface area (Å²) in [6.07, 6.45) is 1.81. The van der Waals surface area contributed by atoms with Gasteiger partial charge in [0.05, 0.1) is 0 Å². The molecule has 0 fully saturated rings. The Hall–Kier alpha value is -1.12. The van der Waals surface area contributed by atoms with Crippen LogP contribution >= 0.6 is 15.9 Å². The molecule has 2 heteroatoms. The second-order valence-electron chi connectivity index (χ2n) is 5.03. The maximum atomic E-state index is 9.58. The number of aliphatic hydroxyl groups excluding tert-OH is 1. The minimum absolute atomic E-state index is 0.217. The van der Waals surface area contributed by atoms with Crippen LogP contribution in [0.4, 0.5) is 0 Å². The summed E-state index contributed by atoms with van der Waals surface area (Å²) in [7, 11) is 0. The molecule has 2 aromatic carbocycles. The summed E-state index contributed by atoms with van der Waals surface area (Å²) in [6.45, 7) is 2.31. The molecule has 0 saturated carbocycles. The summed E-state index contributed by atoms with van der Waals surface area (Å²) in [5, 5.41) is 9.58. The molecule has 0 aromatic heterocycles. The highest BCUT2D eigenvalue weighted by Crippen LogP contribution is 2.21. The third-order valence-electron chi connectivity index (χ3n) is 3.37. The molecular formula is C17H19BrO. The van der Waals surface area contributed by atoms with Crippen LogP contribution in [0.2, 0.25) is 0 Å². The van der Waals surface area contributed by atoms with Crippen LogP contribution in [-0.2, 0) is 12.8 Å². The van der Waals surface area contributed by atoms with Gasteiger partial charge in [-0.05, 0) is 42.9 Å². The summed E-state index contributed by atoms with van der Waals surface area (Å²) in [4.78, 5) is 0. The number of aryl methyl sites for hydroxylation is 1. The molecule has 0 bridgehead atoms. The molecule has 0 spiro atoms. The van der Waals surface area contributed by atoms with Crippen LogP contribution < -0.4 is 0 Å². The van der Waals surface area contributed by atoms with Crippen LogP contribution in [-0.4, -0.2) is 11.7 Å². The molecule has 1 N–H and O–H groups in total. The number of hydrogen-bond acceptors (Lipinski definition) is 1. The fraction of sp³-hybridized carbons (Fsp3) is 0.294. The van der Waals surface area contributed by atoms with Crippen LogP contribution in [0.5, 0.6) is 0 Å². The zero-order valence-corrected chi connectivity index (χ0v) is 12.7. The van der Waals surface area contributed by atoms with E-state index in [2.05, 4.69) is 59.3 Å². The van der Waals surface area contributed by atoms with E-state index >= 15 is 0 Å². The molecule has 2 aromatic rings. The highest BCUT2D eigenvalue weighted by Gasteiger charge is 2.11. The normalized spacial score (nSPS) is 12.4. The van der Waals surface area contributed by atoms with Crippen molar-refractivity contribution in [2.45, 2.75) is 19.8 Å². The van der Waals surface area contributed by atoms with Crippen molar-refractivity contribution in [3.8, 4) is 0 Å². The van der Waals surface area contributed by atoms with Gasteiger partial charge in [0.25, 0.3) is 0 Å². The van der Waals surface area contributed by atoms with E-state index in [4.69, 9.17) is 0 Å². The largest absolute Gasteiger partial charge is 0.396 e. The van der Waals surface area contributed by atoms with Crippen molar-refractivity contribution in [3.63, 3.8) is 0 Å². The lowest BCUT2D eigenvalue weighted by molar-refractivity contribution is 0.225. The molecule has 0 aliphatic rings. The van der Waals surface area contributed by atoms with Gasteiger partial charge in [0, 0.05) is 11.1 Å². The van der Waals surface area contributed by atoms with Gasteiger partial charge in [-0.25, -0.2) is 0 Å². The topological polar surface area (TPSA) is 20.2 Å². The maximum Gasteiger partial charge on any atom is 0.0465 e. The van der Waals surface area contributed by atoms with Crippen LogP contribution in [0.15, 0.2) is 53.0 Å². The smallest absolute Gasteiger partial charge is 0.0465 e. The Morgan fingerprint density at radius 3 is 2.32 bits per heavy atom. The van der Waals surface area contributed by atoms with Crippen molar-refractivity contribution < 1.29 is 5.11 Å². The second kappa shape index (κ2) is 6.88. The quantitative estimate of drug-likeness (QED) is 0.878. The average Bonchev–Trinajstić information content (AvgIpc) is 2.43. The zero-order chi connectivity index (χ0) is 13.7. The fourth-order valence-electron chi connectivity index (χ4n) is 2.23. The number of benzene rings is 2. The fourth-order valence-corrected chi connectivity index (χ4v) is 2.68. The number of rotatable bonds is 5. The summed E-state index contributed by atoms with van der Waals surface area (Å²) in [6, 6.07) is 16.8. The molecule has 0 heterocycles. The molecule has 1 unspecified atom stereocenters. The van der Waals surface area contributed by atoms with Crippen molar-refractivity contribution in [3.05, 3.63) is 69.7 Å². The minimum Gasteiger partial charge on any atom is -0.396 e. The van der Waals surface area contributed by atoms with Gasteiger partial charge in [0.2, 0.25) is 0 Å². The van der Waals surface area contributed by atoms with E-state index in [1.165, 1.54) is 16.7 Å². The van der Waals surface area contributed by atoms with E-state index in [1.807, 2.05) is 12.1 Å². The van der Waals surface area contributed by atoms with Crippen molar-refractivity contribution >= 4 is 15.9 Å². The molecule has 0 saturated heterocycles. The van der Waals surface area contributed by atoms with E-state index in [0.29, 0.717) is 0 Å². The summed E-state index contributed by atoms with van der Waals surface area (Å²) >= 11 is 3.57. The van der Waals surface area contributed by atoms with E-state index in [1.54, 1.807) is 0 Å². The lowest BCUT2D eigenvalue weighted by Crippen LogP contribution is -2.13. The Morgan fingerprint density at radius 1 is 1.00 bits per heavy atom. The van der Waals surface area contributed by atoms with E-state index < -0.39 is 0 Å². The Balaban J connectivity index is 2.05. The lowest BCUT2D eigenvalue weighted by atomic mass is 9.93. The summed E-state index contributed by atoms with van der Waals surface area (Å²) < 4.78 is 1.12. The first-order chi connectivity index (χ1) is 9.19. The van der Waals surface area contributed by atoms with E-state index in [-0.39, 0.29) is 12.5 Å². The van der Waals surface area contributed by atoms with Crippen LogP contribution in [0.1, 0.15) is 16.7 Å². The highest BCUT2D eigenvalue weighted by molar-refractivity contribution is 9.10. The molecule has 0 aliphatic carbocycles. The first-order valence-electron chi connectivity index (χ1n) is 6.59. The molecule has 19 heavy (non-hydrogen) atoms. The standard InChI is InChI=1S/C17H19BrO/c1-13-6-8-14(9-7-13)10-15(12-19)11-16-4-2-3-5-17(16)18/h2-9,15,19H,10-12H2,1H3. The summed E-state index contributed by atoms with van der Waals surface area (Å²) in [5.41, 5.74) is 3.82. The number of halogens is 1. The van der Waals surface area contributed by atoms with Gasteiger partial charge >= 0.3 is 0 Å². The van der Waals surface area contributed by atoms with Gasteiger partial charge in [0.15, 0.2) is 0 Å². The summed E-state index contributed by atoms with van der Waals surface area (Å²) in [5.74, 6) is 0.265. The predicted molar refractivity (Wildman–Crippen MR) is 83.3 cm³/mol. The third kappa shape index (κ3) is 4.19. The van der Waals surface area contributed by atoms with E-state index in [9.17, 15) is 5.11 Å². The third-order valence-corrected chi connectivity index (χ3v) is 4.14. The van der Waals surface area contributed by atoms with Gasteiger partial charge in [-0.3, -0.25) is 0 Å². The van der Waals surface area contributed by atoms with Gasteiger partial charge in [0.1, 0.15) is 0 Å². The molecule has 1 atom stereocenters. The number of aliphatic hydroxyl groups is 1. The first kappa shape index (κ1) is 14.3. The maximum absolute atomic E-state index is 9.58. The average molecular weight is 319 g/mol. The highest BCUT2D eigenvalue weighted by atomic mass is 79.9. The first-order valence-corrected chi connectivity index (χ1v) is 7.38. The van der Waals surface area contributed by atoms with Crippen LogP contribution in [0.25, 0.3) is 0 Å². The van der Waals surface area contributed by atoms with Gasteiger partial charge in [-0.15, -0.1) is 0 Å². The van der Waals surface area contributed by atoms with Gasteiger partial charge < -0.3 is 5.11 Å². The molecular weight excluding hydrogens is 300 g/mol. The molecule has 0 amide bonds. The monoisotopic (exact) mass is 318 g/mol. The lowest BCUT2D eigenvalue weighted by Gasteiger charge is -2.15. The molecule has 2 rings (SSSR count). The van der Waals surface area contributed by atoms with Crippen molar-refractivity contribution in [2.75, 3.05) is 6.61 Å². The Bertz CT molecular complexity index is 519. The SMILES string of the molecule is Cc1ccc(CC(CO)Cc2ccccc2Br)cc1. The second-order valence-corrected chi connectivity index (χ2v) is 5.89. The minimum atomic E-state index is 0.217. The number of hydrogen-bond donors (Lipinski definition) is 1. The molecule has 1 nitrogen and oxygen atoms in total. The van der Waals surface area contributed by atoms with Crippen LogP contribution in [0, 0.1) is 12.8 Å². The molecule has 100 valence electrons.